The molecule has 0 saturated heterocycles. The first-order valence-electron chi connectivity index (χ1n) is 6.06. The molecule has 0 radical (unpaired) electrons. The minimum atomic E-state index is -0.401. The van der Waals surface area contributed by atoms with E-state index in [0.717, 1.165) is 4.90 Å². The summed E-state index contributed by atoms with van der Waals surface area (Å²) in [6, 6.07) is 10.4. The molecular formula is C15H11FN2O2. The first-order valence-corrected chi connectivity index (χ1v) is 6.06. The van der Waals surface area contributed by atoms with Gasteiger partial charge in [-0.15, -0.1) is 0 Å². The number of nitrogens with zero attached hydrogens (tertiary/aromatic N) is 1. The Balaban J connectivity index is 1.94. The van der Waals surface area contributed by atoms with Crippen LogP contribution < -0.4 is 5.73 Å². The maximum Gasteiger partial charge on any atom is 0.261 e. The predicted molar refractivity (Wildman–Crippen MR) is 71.5 cm³/mol. The van der Waals surface area contributed by atoms with Gasteiger partial charge in [-0.2, -0.15) is 0 Å². The lowest BCUT2D eigenvalue weighted by atomic mass is 10.1. The van der Waals surface area contributed by atoms with E-state index >= 15 is 0 Å². The number of fused-ring (bicyclic) bond motifs is 1. The molecule has 0 aliphatic carbocycles. The van der Waals surface area contributed by atoms with E-state index in [2.05, 4.69) is 0 Å². The Bertz CT molecular complexity index is 728. The largest absolute Gasteiger partial charge is 0.399 e. The minimum absolute atomic E-state index is 0.0456. The number of nitrogen functional groups attached to an aromatic ring is 1. The Hall–Kier alpha value is -2.69. The third kappa shape index (κ3) is 1.93. The van der Waals surface area contributed by atoms with Crippen molar-refractivity contribution in [3.8, 4) is 0 Å². The molecule has 0 aromatic heterocycles. The molecule has 0 saturated carbocycles. The molecule has 4 nitrogen and oxygen atoms in total. The average molecular weight is 270 g/mol. The molecule has 2 aromatic carbocycles. The second kappa shape index (κ2) is 4.45. The molecule has 2 N–H and O–H groups in total. The number of carbonyl (C=O) groups excluding carboxylic acids is 2. The molecule has 0 spiro atoms. The van der Waals surface area contributed by atoms with Crippen LogP contribution in [0.4, 0.5) is 10.1 Å². The van der Waals surface area contributed by atoms with Gasteiger partial charge in [-0.3, -0.25) is 14.5 Å². The van der Waals surface area contributed by atoms with Gasteiger partial charge in [0.15, 0.2) is 0 Å². The van der Waals surface area contributed by atoms with Gasteiger partial charge in [0.25, 0.3) is 11.8 Å². The SMILES string of the molecule is Nc1ccc2c(c1)C(=O)N(Cc1cccc(F)c1)C2=O. The highest BCUT2D eigenvalue weighted by molar-refractivity contribution is 6.21. The highest BCUT2D eigenvalue weighted by Crippen LogP contribution is 2.26. The van der Waals surface area contributed by atoms with Crippen LogP contribution in [0.2, 0.25) is 0 Å². The van der Waals surface area contributed by atoms with Crippen LogP contribution in [0.3, 0.4) is 0 Å². The van der Waals surface area contributed by atoms with E-state index in [1.165, 1.54) is 24.3 Å². The normalized spacial score (nSPS) is 13.8. The van der Waals surface area contributed by atoms with E-state index in [1.807, 2.05) is 0 Å². The van der Waals surface area contributed by atoms with Gasteiger partial charge in [-0.25, -0.2) is 4.39 Å². The number of nitrogens with two attached hydrogens (primary N) is 1. The molecule has 1 heterocycles. The quantitative estimate of drug-likeness (QED) is 0.672. The molecule has 1 aliphatic rings. The van der Waals surface area contributed by atoms with Gasteiger partial charge in [-0.05, 0) is 35.9 Å². The molecule has 0 fully saturated rings. The topological polar surface area (TPSA) is 63.4 Å². The Kier molecular flexibility index (Phi) is 2.75. The van der Waals surface area contributed by atoms with Crippen molar-refractivity contribution in [2.24, 2.45) is 0 Å². The number of halogens is 1. The van der Waals surface area contributed by atoms with Crippen LogP contribution >= 0.6 is 0 Å². The van der Waals surface area contributed by atoms with Crippen molar-refractivity contribution >= 4 is 17.5 Å². The molecular weight excluding hydrogens is 259 g/mol. The van der Waals surface area contributed by atoms with Crippen molar-refractivity contribution < 1.29 is 14.0 Å². The maximum atomic E-state index is 13.1. The van der Waals surface area contributed by atoms with Crippen LogP contribution in [0.25, 0.3) is 0 Å². The summed E-state index contributed by atoms with van der Waals surface area (Å²) < 4.78 is 13.1. The summed E-state index contributed by atoms with van der Waals surface area (Å²) in [5.74, 6) is -1.18. The molecule has 100 valence electrons. The molecule has 0 bridgehead atoms. The fourth-order valence-electron chi connectivity index (χ4n) is 2.27. The lowest BCUT2D eigenvalue weighted by molar-refractivity contribution is 0.0642. The van der Waals surface area contributed by atoms with Gasteiger partial charge in [-0.1, -0.05) is 12.1 Å². The highest BCUT2D eigenvalue weighted by Gasteiger charge is 2.35. The number of hydrogen-bond donors (Lipinski definition) is 1. The summed E-state index contributed by atoms with van der Waals surface area (Å²) in [6.45, 7) is 0.0456. The number of rotatable bonds is 2. The van der Waals surface area contributed by atoms with Gasteiger partial charge in [0.1, 0.15) is 5.82 Å². The van der Waals surface area contributed by atoms with Crippen molar-refractivity contribution in [1.82, 2.24) is 4.90 Å². The summed E-state index contributed by atoms with van der Waals surface area (Å²) in [5, 5.41) is 0. The van der Waals surface area contributed by atoms with Gasteiger partial charge in [0.05, 0.1) is 17.7 Å². The van der Waals surface area contributed by atoms with Crippen LogP contribution in [-0.4, -0.2) is 16.7 Å². The van der Waals surface area contributed by atoms with E-state index in [4.69, 9.17) is 5.73 Å². The van der Waals surface area contributed by atoms with Crippen molar-refractivity contribution in [3.63, 3.8) is 0 Å². The average Bonchev–Trinajstić information content (AvgIpc) is 2.64. The molecule has 0 atom stereocenters. The second-order valence-electron chi connectivity index (χ2n) is 4.63. The maximum absolute atomic E-state index is 13.1. The Morgan fingerprint density at radius 1 is 1.00 bits per heavy atom. The smallest absolute Gasteiger partial charge is 0.261 e. The number of benzene rings is 2. The Morgan fingerprint density at radius 2 is 1.75 bits per heavy atom. The summed E-state index contributed by atoms with van der Waals surface area (Å²) in [6.07, 6.45) is 0. The van der Waals surface area contributed by atoms with Gasteiger partial charge in [0, 0.05) is 5.69 Å². The number of anilines is 1. The fourth-order valence-corrected chi connectivity index (χ4v) is 2.27. The van der Waals surface area contributed by atoms with Crippen molar-refractivity contribution in [3.05, 3.63) is 65.0 Å². The lowest BCUT2D eigenvalue weighted by Crippen LogP contribution is -2.29. The summed E-state index contributed by atoms with van der Waals surface area (Å²) in [7, 11) is 0. The third-order valence-electron chi connectivity index (χ3n) is 3.22. The van der Waals surface area contributed by atoms with E-state index in [1.54, 1.807) is 18.2 Å². The lowest BCUT2D eigenvalue weighted by Gasteiger charge is -2.13. The zero-order chi connectivity index (χ0) is 14.3. The molecule has 0 unspecified atom stereocenters. The fraction of sp³-hybridized carbons (Fsp3) is 0.0667. The molecule has 3 rings (SSSR count). The van der Waals surface area contributed by atoms with Crippen LogP contribution in [0.15, 0.2) is 42.5 Å². The predicted octanol–water partition coefficient (Wildman–Crippen LogP) is 2.20. The van der Waals surface area contributed by atoms with Crippen molar-refractivity contribution in [1.29, 1.82) is 0 Å². The van der Waals surface area contributed by atoms with Crippen molar-refractivity contribution in [2.45, 2.75) is 6.54 Å². The summed E-state index contributed by atoms with van der Waals surface area (Å²) in [4.78, 5) is 25.5. The van der Waals surface area contributed by atoms with Crippen LogP contribution in [-0.2, 0) is 6.54 Å². The van der Waals surface area contributed by atoms with Crippen LogP contribution in [0.5, 0.6) is 0 Å². The number of hydrogen-bond acceptors (Lipinski definition) is 3. The monoisotopic (exact) mass is 270 g/mol. The van der Waals surface area contributed by atoms with Gasteiger partial charge in [0.2, 0.25) is 0 Å². The molecule has 2 amide bonds. The zero-order valence-electron chi connectivity index (χ0n) is 10.5. The number of imide groups is 1. The highest BCUT2D eigenvalue weighted by atomic mass is 19.1. The Labute approximate surface area is 114 Å². The summed E-state index contributed by atoms with van der Waals surface area (Å²) >= 11 is 0. The van der Waals surface area contributed by atoms with Gasteiger partial charge >= 0.3 is 0 Å². The first kappa shape index (κ1) is 12.3. The van der Waals surface area contributed by atoms with E-state index < -0.39 is 11.7 Å². The van der Waals surface area contributed by atoms with Crippen molar-refractivity contribution in [2.75, 3.05) is 5.73 Å². The third-order valence-corrected chi connectivity index (χ3v) is 3.22. The second-order valence-corrected chi connectivity index (χ2v) is 4.63. The van der Waals surface area contributed by atoms with Crippen LogP contribution in [0.1, 0.15) is 26.3 Å². The Morgan fingerprint density at radius 3 is 2.50 bits per heavy atom. The zero-order valence-corrected chi connectivity index (χ0v) is 10.5. The molecule has 5 heteroatoms. The summed E-state index contributed by atoms with van der Waals surface area (Å²) in [5.41, 5.74) is 7.25. The first-order chi connectivity index (χ1) is 9.56. The van der Waals surface area contributed by atoms with E-state index in [9.17, 15) is 14.0 Å². The van der Waals surface area contributed by atoms with Gasteiger partial charge < -0.3 is 5.73 Å². The molecule has 2 aromatic rings. The molecule has 1 aliphatic heterocycles. The van der Waals surface area contributed by atoms with Crippen LogP contribution in [0, 0.1) is 5.82 Å². The standard InChI is InChI=1S/C15H11FN2O2/c16-10-3-1-2-9(6-10)8-18-14(19)12-5-4-11(17)7-13(12)15(18)20/h1-7H,8,17H2. The molecule has 20 heavy (non-hydrogen) atoms. The number of carbonyl (C=O) groups is 2. The minimum Gasteiger partial charge on any atom is -0.399 e. The van der Waals surface area contributed by atoms with E-state index in [0.29, 0.717) is 22.4 Å². The number of amides is 2. The van der Waals surface area contributed by atoms with E-state index in [-0.39, 0.29) is 12.5 Å².